The van der Waals surface area contributed by atoms with Gasteiger partial charge in [-0.3, -0.25) is 5.43 Å². The first-order chi connectivity index (χ1) is 9.47. The molecule has 0 aliphatic heterocycles. The molecule has 0 atom stereocenters. The molecule has 2 rings (SSSR count). The Morgan fingerprint density at radius 1 is 1.35 bits per heavy atom. The summed E-state index contributed by atoms with van der Waals surface area (Å²) in [6.45, 7) is 6.33. The number of aromatic nitrogens is 6. The highest BCUT2D eigenvalue weighted by Crippen LogP contribution is 2.22. The summed E-state index contributed by atoms with van der Waals surface area (Å²) >= 11 is 0. The third-order valence-electron chi connectivity index (χ3n) is 3.44. The third-order valence-corrected chi connectivity index (χ3v) is 3.44. The lowest BCUT2D eigenvalue weighted by Gasteiger charge is -2.34. The first kappa shape index (κ1) is 14.1. The topological polar surface area (TPSA) is 111 Å². The van der Waals surface area contributed by atoms with E-state index in [4.69, 9.17) is 5.84 Å². The summed E-state index contributed by atoms with van der Waals surface area (Å²) in [7, 11) is 1.93. The zero-order chi connectivity index (χ0) is 14.8. The number of hydrogen-bond donors (Lipinski definition) is 2. The van der Waals surface area contributed by atoms with Crippen molar-refractivity contribution in [3.63, 3.8) is 0 Å². The maximum Gasteiger partial charge on any atom is 0.258 e. The largest absolute Gasteiger partial charge is 0.339 e. The number of nitrogens with zero attached hydrogens (tertiary/aromatic N) is 7. The zero-order valence-electron chi connectivity index (χ0n) is 12.1. The van der Waals surface area contributed by atoms with Gasteiger partial charge in [0.2, 0.25) is 11.9 Å². The Balaban J connectivity index is 2.46. The maximum absolute atomic E-state index is 5.42. The van der Waals surface area contributed by atoms with Gasteiger partial charge in [0.25, 0.3) is 5.95 Å². The zero-order valence-corrected chi connectivity index (χ0v) is 12.1. The lowest BCUT2D eigenvalue weighted by atomic mass is 10.0. The van der Waals surface area contributed by atoms with Crippen molar-refractivity contribution in [2.45, 2.75) is 32.7 Å². The van der Waals surface area contributed by atoms with Crippen molar-refractivity contribution in [2.75, 3.05) is 17.4 Å². The molecular formula is C11H19N9. The summed E-state index contributed by atoms with van der Waals surface area (Å²) in [5.74, 6) is 6.57. The van der Waals surface area contributed by atoms with Crippen LogP contribution in [-0.4, -0.2) is 42.3 Å². The number of hydrogen-bond acceptors (Lipinski definition) is 8. The molecule has 9 heteroatoms. The van der Waals surface area contributed by atoms with Crippen LogP contribution in [0.3, 0.4) is 0 Å². The van der Waals surface area contributed by atoms with Gasteiger partial charge in [-0.2, -0.15) is 24.7 Å². The molecule has 0 bridgehead atoms. The molecule has 0 fully saturated rings. The van der Waals surface area contributed by atoms with Crippen molar-refractivity contribution in [1.29, 1.82) is 0 Å². The maximum atomic E-state index is 5.42. The van der Waals surface area contributed by atoms with Crippen LogP contribution in [0.5, 0.6) is 0 Å². The van der Waals surface area contributed by atoms with Crippen LogP contribution >= 0.6 is 0 Å². The molecule has 20 heavy (non-hydrogen) atoms. The molecule has 0 aliphatic rings. The summed E-state index contributed by atoms with van der Waals surface area (Å²) in [6, 6.07) is 0. The van der Waals surface area contributed by atoms with Gasteiger partial charge in [-0.1, -0.05) is 6.92 Å². The van der Waals surface area contributed by atoms with Crippen molar-refractivity contribution in [3.05, 3.63) is 12.7 Å². The average molecular weight is 277 g/mol. The summed E-state index contributed by atoms with van der Waals surface area (Å²) < 4.78 is 1.46. The summed E-state index contributed by atoms with van der Waals surface area (Å²) in [5.41, 5.74) is 2.35. The lowest BCUT2D eigenvalue weighted by molar-refractivity contribution is 0.462. The molecule has 0 aliphatic carbocycles. The van der Waals surface area contributed by atoms with Crippen molar-refractivity contribution in [1.82, 2.24) is 29.7 Å². The SMILES string of the molecule is CCC(C)(C)N(C)c1nc(NN)nc(-n2cncn2)n1. The Kier molecular flexibility index (Phi) is 3.79. The van der Waals surface area contributed by atoms with Crippen LogP contribution in [0.1, 0.15) is 27.2 Å². The lowest BCUT2D eigenvalue weighted by Crippen LogP contribution is -2.42. The Hall–Kier alpha value is -2.29. The first-order valence-electron chi connectivity index (χ1n) is 6.29. The van der Waals surface area contributed by atoms with E-state index in [-0.39, 0.29) is 11.5 Å². The average Bonchev–Trinajstić information content (AvgIpc) is 3.00. The molecule has 2 aromatic rings. The highest BCUT2D eigenvalue weighted by atomic mass is 15.4. The second-order valence-corrected chi connectivity index (χ2v) is 4.97. The van der Waals surface area contributed by atoms with E-state index >= 15 is 0 Å². The van der Waals surface area contributed by atoms with Crippen LogP contribution in [0.25, 0.3) is 5.95 Å². The monoisotopic (exact) mass is 277 g/mol. The molecule has 9 nitrogen and oxygen atoms in total. The molecule has 2 aromatic heterocycles. The van der Waals surface area contributed by atoms with Crippen LogP contribution in [0.2, 0.25) is 0 Å². The van der Waals surface area contributed by atoms with E-state index in [0.29, 0.717) is 11.9 Å². The van der Waals surface area contributed by atoms with E-state index in [1.807, 2.05) is 11.9 Å². The predicted molar refractivity (Wildman–Crippen MR) is 75.3 cm³/mol. The normalized spacial score (nSPS) is 11.4. The number of anilines is 2. The van der Waals surface area contributed by atoms with Gasteiger partial charge < -0.3 is 4.90 Å². The van der Waals surface area contributed by atoms with Gasteiger partial charge in [0.15, 0.2) is 0 Å². The standard InChI is InChI=1S/C11H19N9/c1-5-11(2,3)19(4)9-15-8(18-12)16-10(17-9)20-7-13-6-14-20/h6-7H,5,12H2,1-4H3,(H,15,16,17,18). The highest BCUT2D eigenvalue weighted by molar-refractivity contribution is 5.40. The molecular weight excluding hydrogens is 258 g/mol. The van der Waals surface area contributed by atoms with Crippen LogP contribution in [0.15, 0.2) is 12.7 Å². The summed E-state index contributed by atoms with van der Waals surface area (Å²) in [4.78, 5) is 18.7. The second-order valence-electron chi connectivity index (χ2n) is 4.97. The third kappa shape index (κ3) is 2.67. The quantitative estimate of drug-likeness (QED) is 0.595. The minimum absolute atomic E-state index is 0.0904. The van der Waals surface area contributed by atoms with Gasteiger partial charge in [-0.15, -0.1) is 0 Å². The number of nitrogen functional groups attached to an aromatic ring is 1. The summed E-state index contributed by atoms with van der Waals surface area (Å²) in [6.07, 6.45) is 3.88. The fourth-order valence-corrected chi connectivity index (χ4v) is 1.49. The molecule has 2 heterocycles. The predicted octanol–water partition coefficient (Wildman–Crippen LogP) is 0.363. The van der Waals surface area contributed by atoms with Gasteiger partial charge in [0, 0.05) is 12.6 Å². The van der Waals surface area contributed by atoms with Crippen LogP contribution in [-0.2, 0) is 0 Å². The van der Waals surface area contributed by atoms with Gasteiger partial charge in [-0.05, 0) is 20.3 Å². The Bertz CT molecular complexity index is 563. The molecule has 0 radical (unpaired) electrons. The fraction of sp³-hybridized carbons (Fsp3) is 0.545. The first-order valence-corrected chi connectivity index (χ1v) is 6.29. The van der Waals surface area contributed by atoms with Crippen molar-refractivity contribution in [2.24, 2.45) is 5.84 Å². The number of nitrogens with two attached hydrogens (primary N) is 1. The minimum atomic E-state index is -0.0904. The van der Waals surface area contributed by atoms with E-state index < -0.39 is 0 Å². The molecule has 0 saturated heterocycles. The molecule has 0 spiro atoms. The second kappa shape index (κ2) is 5.37. The van der Waals surface area contributed by atoms with E-state index in [1.54, 1.807) is 0 Å². The molecule has 3 N–H and O–H groups in total. The highest BCUT2D eigenvalue weighted by Gasteiger charge is 2.24. The van der Waals surface area contributed by atoms with E-state index in [0.717, 1.165) is 6.42 Å². The van der Waals surface area contributed by atoms with Gasteiger partial charge in [0.1, 0.15) is 12.7 Å². The molecule has 0 saturated carbocycles. The van der Waals surface area contributed by atoms with Crippen molar-refractivity contribution >= 4 is 11.9 Å². The van der Waals surface area contributed by atoms with E-state index in [9.17, 15) is 0 Å². The smallest absolute Gasteiger partial charge is 0.258 e. The summed E-state index contributed by atoms with van der Waals surface area (Å²) in [5, 5.41) is 4.01. The van der Waals surface area contributed by atoms with Gasteiger partial charge >= 0.3 is 0 Å². The van der Waals surface area contributed by atoms with Crippen molar-refractivity contribution < 1.29 is 0 Å². The van der Waals surface area contributed by atoms with E-state index in [2.05, 4.69) is 51.2 Å². The van der Waals surface area contributed by atoms with Crippen LogP contribution in [0, 0.1) is 0 Å². The van der Waals surface area contributed by atoms with Crippen molar-refractivity contribution in [3.8, 4) is 5.95 Å². The fourth-order valence-electron chi connectivity index (χ4n) is 1.49. The van der Waals surface area contributed by atoms with Crippen LogP contribution in [0.4, 0.5) is 11.9 Å². The molecule has 0 unspecified atom stereocenters. The number of nitrogens with one attached hydrogen (secondary N) is 1. The number of hydrazine groups is 1. The molecule has 0 aromatic carbocycles. The van der Waals surface area contributed by atoms with Gasteiger partial charge in [0.05, 0.1) is 0 Å². The Morgan fingerprint density at radius 3 is 2.65 bits per heavy atom. The van der Waals surface area contributed by atoms with Gasteiger partial charge in [-0.25, -0.2) is 10.8 Å². The molecule has 0 amide bonds. The number of rotatable bonds is 5. The Morgan fingerprint density at radius 2 is 2.10 bits per heavy atom. The minimum Gasteiger partial charge on any atom is -0.339 e. The van der Waals surface area contributed by atoms with Crippen LogP contribution < -0.4 is 16.2 Å². The van der Waals surface area contributed by atoms with E-state index in [1.165, 1.54) is 17.3 Å². The molecule has 108 valence electrons. The Labute approximate surface area is 117 Å².